The molecule has 0 spiro atoms. The molecule has 0 aliphatic rings. The smallest absolute Gasteiger partial charge is 0.168 e. The van der Waals surface area contributed by atoms with E-state index in [2.05, 4.69) is 4.98 Å². The van der Waals surface area contributed by atoms with Crippen LogP contribution in [0.1, 0.15) is 16.8 Å². The molecule has 6 heteroatoms. The number of benzene rings is 2. The monoisotopic (exact) mass is 346 g/mol. The fourth-order valence-electron chi connectivity index (χ4n) is 2.41. The molecule has 3 aromatic rings. The van der Waals surface area contributed by atoms with Crippen LogP contribution in [0.5, 0.6) is 0 Å². The molecule has 0 fully saturated rings. The van der Waals surface area contributed by atoms with Gasteiger partial charge in [-0.2, -0.15) is 0 Å². The zero-order valence-electron chi connectivity index (χ0n) is 12.8. The highest BCUT2D eigenvalue weighted by Crippen LogP contribution is 2.25. The molecule has 0 radical (unpaired) electrons. The summed E-state index contributed by atoms with van der Waals surface area (Å²) in [5.41, 5.74) is 2.34. The van der Waals surface area contributed by atoms with Gasteiger partial charge >= 0.3 is 0 Å². The molecule has 1 heterocycles. The summed E-state index contributed by atoms with van der Waals surface area (Å²) < 4.78 is 28.5. The van der Waals surface area contributed by atoms with Gasteiger partial charge in [0, 0.05) is 18.4 Å². The van der Waals surface area contributed by atoms with Crippen molar-refractivity contribution in [1.29, 1.82) is 0 Å². The van der Waals surface area contributed by atoms with Crippen molar-refractivity contribution in [3.63, 3.8) is 0 Å². The van der Waals surface area contributed by atoms with Crippen LogP contribution in [-0.4, -0.2) is 14.7 Å². The third kappa shape index (κ3) is 4.01. The minimum Gasteiger partial charge on any atom is -0.390 e. The number of halogens is 2. The standard InChI is InChI=1S/C18H16F2N2OS/c19-15-6-14(7-16(20)8-15)12-24-18-21-9-17(11-23)22(18)10-13-4-2-1-3-5-13/h1-9,23H,10-12H2. The van der Waals surface area contributed by atoms with Crippen LogP contribution in [0.3, 0.4) is 0 Å². The third-order valence-electron chi connectivity index (χ3n) is 3.54. The topological polar surface area (TPSA) is 38.1 Å². The number of thioether (sulfide) groups is 1. The van der Waals surface area contributed by atoms with Crippen LogP contribution in [0.15, 0.2) is 59.9 Å². The molecule has 0 saturated carbocycles. The first kappa shape index (κ1) is 16.7. The van der Waals surface area contributed by atoms with Gasteiger partial charge in [-0.05, 0) is 23.3 Å². The van der Waals surface area contributed by atoms with Gasteiger partial charge in [-0.1, -0.05) is 42.1 Å². The molecule has 0 unspecified atom stereocenters. The van der Waals surface area contributed by atoms with Gasteiger partial charge in [-0.25, -0.2) is 13.8 Å². The van der Waals surface area contributed by atoms with Crippen molar-refractivity contribution in [2.24, 2.45) is 0 Å². The predicted octanol–water partition coefficient (Wildman–Crippen LogP) is 3.99. The molecule has 0 aliphatic heterocycles. The highest BCUT2D eigenvalue weighted by molar-refractivity contribution is 7.98. The Hall–Kier alpha value is -2.18. The number of hydrogen-bond donors (Lipinski definition) is 1. The largest absolute Gasteiger partial charge is 0.390 e. The fraction of sp³-hybridized carbons (Fsp3) is 0.167. The lowest BCUT2D eigenvalue weighted by Crippen LogP contribution is -2.06. The maximum absolute atomic E-state index is 13.3. The van der Waals surface area contributed by atoms with Gasteiger partial charge in [0.25, 0.3) is 0 Å². The Bertz CT molecular complexity index is 801. The summed E-state index contributed by atoms with van der Waals surface area (Å²) in [6.45, 7) is 0.464. The zero-order valence-corrected chi connectivity index (χ0v) is 13.6. The van der Waals surface area contributed by atoms with E-state index in [4.69, 9.17) is 0 Å². The number of aliphatic hydroxyl groups is 1. The van der Waals surface area contributed by atoms with Crippen molar-refractivity contribution >= 4 is 11.8 Å². The summed E-state index contributed by atoms with van der Waals surface area (Å²) in [6.07, 6.45) is 1.62. The molecule has 3 rings (SSSR count). The molecular weight excluding hydrogens is 330 g/mol. The average Bonchev–Trinajstić information content (AvgIpc) is 2.95. The van der Waals surface area contributed by atoms with Crippen molar-refractivity contribution in [2.45, 2.75) is 24.1 Å². The van der Waals surface area contributed by atoms with Gasteiger partial charge in [0.15, 0.2) is 5.16 Å². The van der Waals surface area contributed by atoms with Crippen molar-refractivity contribution in [3.8, 4) is 0 Å². The van der Waals surface area contributed by atoms with Crippen molar-refractivity contribution in [1.82, 2.24) is 9.55 Å². The van der Waals surface area contributed by atoms with Crippen LogP contribution in [0, 0.1) is 11.6 Å². The molecule has 0 saturated heterocycles. The van der Waals surface area contributed by atoms with Crippen LogP contribution < -0.4 is 0 Å². The summed E-state index contributed by atoms with van der Waals surface area (Å²) in [5.74, 6) is -0.783. The molecule has 24 heavy (non-hydrogen) atoms. The van der Waals surface area contributed by atoms with Gasteiger partial charge in [0.05, 0.1) is 18.5 Å². The van der Waals surface area contributed by atoms with E-state index in [1.54, 1.807) is 6.20 Å². The normalized spacial score (nSPS) is 11.0. The average molecular weight is 346 g/mol. The van der Waals surface area contributed by atoms with E-state index in [0.29, 0.717) is 28.7 Å². The Balaban J connectivity index is 1.79. The lowest BCUT2D eigenvalue weighted by atomic mass is 10.2. The summed E-state index contributed by atoms with van der Waals surface area (Å²) in [5, 5.41) is 10.2. The van der Waals surface area contributed by atoms with E-state index < -0.39 is 11.6 Å². The SMILES string of the molecule is OCc1cnc(SCc2cc(F)cc(F)c2)n1Cc1ccccc1. The fourth-order valence-corrected chi connectivity index (χ4v) is 3.34. The molecule has 3 nitrogen and oxygen atoms in total. The van der Waals surface area contributed by atoms with E-state index in [1.165, 1.54) is 23.9 Å². The summed E-state index contributed by atoms with van der Waals surface area (Å²) in [7, 11) is 0. The van der Waals surface area contributed by atoms with E-state index in [9.17, 15) is 13.9 Å². The van der Waals surface area contributed by atoms with E-state index in [-0.39, 0.29) is 6.61 Å². The van der Waals surface area contributed by atoms with Crippen molar-refractivity contribution in [3.05, 3.63) is 83.2 Å². The molecule has 1 aromatic heterocycles. The van der Waals surface area contributed by atoms with Crippen LogP contribution in [0.25, 0.3) is 0 Å². The summed E-state index contributed by atoms with van der Waals surface area (Å²) in [6, 6.07) is 13.3. The number of aliphatic hydroxyl groups excluding tert-OH is 1. The number of imidazole rings is 1. The second-order valence-corrected chi connectivity index (χ2v) is 6.27. The van der Waals surface area contributed by atoms with Gasteiger partial charge in [-0.3, -0.25) is 0 Å². The Kier molecular flexibility index (Phi) is 5.27. The first-order valence-corrected chi connectivity index (χ1v) is 8.41. The second-order valence-electron chi connectivity index (χ2n) is 5.33. The lowest BCUT2D eigenvalue weighted by molar-refractivity contribution is 0.270. The Morgan fingerprint density at radius 2 is 1.71 bits per heavy atom. The van der Waals surface area contributed by atoms with Crippen molar-refractivity contribution < 1.29 is 13.9 Å². The third-order valence-corrected chi connectivity index (χ3v) is 4.60. The maximum Gasteiger partial charge on any atom is 0.168 e. The van der Waals surface area contributed by atoms with E-state index >= 15 is 0 Å². The highest BCUT2D eigenvalue weighted by Gasteiger charge is 2.11. The van der Waals surface area contributed by atoms with E-state index in [1.807, 2.05) is 34.9 Å². The van der Waals surface area contributed by atoms with Crippen LogP contribution in [-0.2, 0) is 18.9 Å². The van der Waals surface area contributed by atoms with Crippen LogP contribution in [0.4, 0.5) is 8.78 Å². The minimum atomic E-state index is -0.589. The second kappa shape index (κ2) is 7.59. The molecular formula is C18H16F2N2OS. The number of nitrogens with zero attached hydrogens (tertiary/aromatic N) is 2. The minimum absolute atomic E-state index is 0.116. The Morgan fingerprint density at radius 1 is 1.00 bits per heavy atom. The zero-order chi connectivity index (χ0) is 16.9. The quantitative estimate of drug-likeness (QED) is 0.686. The predicted molar refractivity (Wildman–Crippen MR) is 89.6 cm³/mol. The molecule has 0 atom stereocenters. The van der Waals surface area contributed by atoms with Crippen molar-refractivity contribution in [2.75, 3.05) is 0 Å². The molecule has 1 N–H and O–H groups in total. The maximum atomic E-state index is 13.3. The molecule has 2 aromatic carbocycles. The molecule has 124 valence electrons. The molecule has 0 bridgehead atoms. The Morgan fingerprint density at radius 3 is 2.38 bits per heavy atom. The Labute approximate surface area is 143 Å². The van der Waals surface area contributed by atoms with Gasteiger partial charge < -0.3 is 9.67 Å². The lowest BCUT2D eigenvalue weighted by Gasteiger charge is -2.11. The van der Waals surface area contributed by atoms with Crippen LogP contribution >= 0.6 is 11.8 Å². The summed E-state index contributed by atoms with van der Waals surface area (Å²) >= 11 is 1.38. The van der Waals surface area contributed by atoms with Gasteiger partial charge in [0.1, 0.15) is 11.6 Å². The first-order valence-electron chi connectivity index (χ1n) is 7.42. The number of rotatable bonds is 6. The number of aromatic nitrogens is 2. The van der Waals surface area contributed by atoms with E-state index in [0.717, 1.165) is 11.6 Å². The highest BCUT2D eigenvalue weighted by atomic mass is 32.2. The summed E-state index contributed by atoms with van der Waals surface area (Å²) in [4.78, 5) is 4.32. The first-order chi connectivity index (χ1) is 11.7. The molecule has 0 aliphatic carbocycles. The van der Waals surface area contributed by atoms with Gasteiger partial charge in [-0.15, -0.1) is 0 Å². The van der Waals surface area contributed by atoms with Crippen LogP contribution in [0.2, 0.25) is 0 Å². The number of hydrogen-bond acceptors (Lipinski definition) is 3. The molecule has 0 amide bonds. The van der Waals surface area contributed by atoms with Gasteiger partial charge in [0.2, 0.25) is 0 Å².